The first-order chi connectivity index (χ1) is 9.99. The van der Waals surface area contributed by atoms with Crippen LogP contribution in [0.5, 0.6) is 0 Å². The molecule has 0 bridgehead atoms. The van der Waals surface area contributed by atoms with E-state index < -0.39 is 5.97 Å². The molecule has 21 heavy (non-hydrogen) atoms. The third-order valence-corrected chi connectivity index (χ3v) is 5.67. The van der Waals surface area contributed by atoms with Crippen molar-refractivity contribution in [3.63, 3.8) is 0 Å². The van der Waals surface area contributed by atoms with Crippen LogP contribution in [0.4, 0.5) is 0 Å². The molecule has 118 valence electrons. The van der Waals surface area contributed by atoms with Crippen LogP contribution in [0.15, 0.2) is 6.07 Å². The van der Waals surface area contributed by atoms with E-state index in [-0.39, 0.29) is 5.60 Å². The van der Waals surface area contributed by atoms with Gasteiger partial charge in [-0.3, -0.25) is 0 Å². The number of carboxylic acids is 1. The quantitative estimate of drug-likeness (QED) is 0.843. The Bertz CT molecular complexity index is 494. The maximum Gasteiger partial charge on any atom is 0.345 e. The van der Waals surface area contributed by atoms with E-state index in [4.69, 9.17) is 9.84 Å². The van der Waals surface area contributed by atoms with E-state index >= 15 is 0 Å². The highest BCUT2D eigenvalue weighted by atomic mass is 32.1. The Labute approximate surface area is 130 Å². The molecule has 0 aromatic carbocycles. The van der Waals surface area contributed by atoms with E-state index in [0.29, 0.717) is 10.9 Å². The zero-order chi connectivity index (χ0) is 15.5. The van der Waals surface area contributed by atoms with Gasteiger partial charge in [0.25, 0.3) is 0 Å². The number of aryl methyl sites for hydroxylation is 1. The molecule has 2 heterocycles. The van der Waals surface area contributed by atoms with E-state index in [9.17, 15) is 4.79 Å². The van der Waals surface area contributed by atoms with Crippen molar-refractivity contribution in [2.45, 2.75) is 64.6 Å². The van der Waals surface area contributed by atoms with Crippen molar-refractivity contribution in [2.75, 3.05) is 6.61 Å². The molecule has 1 unspecified atom stereocenters. The van der Waals surface area contributed by atoms with Gasteiger partial charge in [-0.2, -0.15) is 0 Å². The fourth-order valence-electron chi connectivity index (χ4n) is 3.00. The zero-order valence-electron chi connectivity index (χ0n) is 13.1. The summed E-state index contributed by atoms with van der Waals surface area (Å²) >= 11 is 1.35. The molecule has 1 aliphatic heterocycles. The Morgan fingerprint density at radius 3 is 2.81 bits per heavy atom. The highest BCUT2D eigenvalue weighted by Crippen LogP contribution is 2.31. The van der Waals surface area contributed by atoms with E-state index in [2.05, 4.69) is 19.2 Å². The average Bonchev–Trinajstić information content (AvgIpc) is 2.87. The van der Waals surface area contributed by atoms with Crippen LogP contribution in [0.1, 0.15) is 59.6 Å². The van der Waals surface area contributed by atoms with Crippen molar-refractivity contribution in [1.82, 2.24) is 5.32 Å². The number of hydrogen-bond acceptors (Lipinski definition) is 4. The molecule has 0 spiro atoms. The van der Waals surface area contributed by atoms with Crippen LogP contribution in [-0.2, 0) is 11.3 Å². The van der Waals surface area contributed by atoms with Gasteiger partial charge in [0.2, 0.25) is 0 Å². The lowest BCUT2D eigenvalue weighted by Crippen LogP contribution is -2.46. The highest BCUT2D eigenvalue weighted by molar-refractivity contribution is 7.14. The summed E-state index contributed by atoms with van der Waals surface area (Å²) in [6.07, 6.45) is 4.15. The fraction of sp³-hybridized carbons (Fsp3) is 0.688. The van der Waals surface area contributed by atoms with Crippen molar-refractivity contribution in [3.05, 3.63) is 21.4 Å². The summed E-state index contributed by atoms with van der Waals surface area (Å²) in [6, 6.07) is 2.24. The molecule has 0 radical (unpaired) electrons. The summed E-state index contributed by atoms with van der Waals surface area (Å²) in [5.41, 5.74) is 1.12. The molecule has 1 atom stereocenters. The number of carboxylic acid groups (broad SMARTS) is 1. The van der Waals surface area contributed by atoms with Gasteiger partial charge in [0.05, 0.1) is 5.60 Å². The van der Waals surface area contributed by atoms with Gasteiger partial charge >= 0.3 is 5.97 Å². The first kappa shape index (κ1) is 16.5. The molecule has 0 amide bonds. The van der Waals surface area contributed by atoms with Gasteiger partial charge in [-0.15, -0.1) is 11.3 Å². The first-order valence-corrected chi connectivity index (χ1v) is 8.51. The van der Waals surface area contributed by atoms with Crippen LogP contribution in [0, 0.1) is 6.92 Å². The van der Waals surface area contributed by atoms with E-state index in [1.165, 1.54) is 11.3 Å². The summed E-state index contributed by atoms with van der Waals surface area (Å²) in [5.74, 6) is -0.837. The molecule has 4 nitrogen and oxygen atoms in total. The van der Waals surface area contributed by atoms with Crippen molar-refractivity contribution < 1.29 is 14.6 Å². The van der Waals surface area contributed by atoms with Crippen molar-refractivity contribution in [1.29, 1.82) is 0 Å². The second kappa shape index (κ2) is 6.90. The molecule has 1 saturated heterocycles. The van der Waals surface area contributed by atoms with Crippen LogP contribution in [0.25, 0.3) is 0 Å². The molecule has 2 N–H and O–H groups in total. The maximum absolute atomic E-state index is 11.0. The van der Waals surface area contributed by atoms with Crippen LogP contribution >= 0.6 is 11.3 Å². The SMILES string of the molecule is CCC1(CC)CC(NCc2cc(C(=O)O)sc2C)CCO1. The molecule has 0 saturated carbocycles. The topological polar surface area (TPSA) is 58.6 Å². The van der Waals surface area contributed by atoms with Crippen molar-refractivity contribution in [2.24, 2.45) is 0 Å². The van der Waals surface area contributed by atoms with Crippen LogP contribution in [0.3, 0.4) is 0 Å². The smallest absolute Gasteiger partial charge is 0.345 e. The molecular formula is C16H25NO3S. The summed E-state index contributed by atoms with van der Waals surface area (Å²) in [5, 5.41) is 12.6. The predicted octanol–water partition coefficient (Wildman–Crippen LogP) is 3.58. The lowest BCUT2D eigenvalue weighted by atomic mass is 9.86. The van der Waals surface area contributed by atoms with Gasteiger partial charge in [0.15, 0.2) is 0 Å². The second-order valence-electron chi connectivity index (χ2n) is 5.81. The Morgan fingerprint density at radius 2 is 2.24 bits per heavy atom. The number of aromatic carboxylic acids is 1. The van der Waals surface area contributed by atoms with E-state index in [1.54, 1.807) is 6.07 Å². The molecular weight excluding hydrogens is 286 g/mol. The standard InChI is InChI=1S/C16H25NO3S/c1-4-16(5-2)9-13(6-7-20-16)17-10-12-8-14(15(18)19)21-11(12)3/h8,13,17H,4-7,9-10H2,1-3H3,(H,18,19). The minimum atomic E-state index is -0.837. The van der Waals surface area contributed by atoms with Crippen LogP contribution < -0.4 is 5.32 Å². The van der Waals surface area contributed by atoms with Crippen LogP contribution in [-0.4, -0.2) is 29.3 Å². The Hall–Kier alpha value is -0.910. The Kier molecular flexibility index (Phi) is 5.41. The third-order valence-electron chi connectivity index (χ3n) is 4.59. The average molecular weight is 311 g/mol. The Morgan fingerprint density at radius 1 is 1.52 bits per heavy atom. The van der Waals surface area contributed by atoms with Gasteiger partial charge < -0.3 is 15.2 Å². The molecule has 0 aliphatic carbocycles. The summed E-state index contributed by atoms with van der Waals surface area (Å²) in [7, 11) is 0. The number of carbonyl (C=O) groups is 1. The molecule has 1 aromatic heterocycles. The molecule has 1 aliphatic rings. The van der Waals surface area contributed by atoms with Gasteiger partial charge in [-0.25, -0.2) is 4.79 Å². The highest BCUT2D eigenvalue weighted by Gasteiger charge is 2.34. The number of rotatable bonds is 6. The fourth-order valence-corrected chi connectivity index (χ4v) is 3.88. The minimum Gasteiger partial charge on any atom is -0.477 e. The second-order valence-corrected chi connectivity index (χ2v) is 7.06. The van der Waals surface area contributed by atoms with Gasteiger partial charge in [-0.05, 0) is 44.2 Å². The summed E-state index contributed by atoms with van der Waals surface area (Å²) in [4.78, 5) is 12.5. The molecule has 1 fully saturated rings. The minimum absolute atomic E-state index is 0.0197. The Balaban J connectivity index is 1.95. The molecule has 5 heteroatoms. The molecule has 1 aromatic rings. The maximum atomic E-state index is 11.0. The van der Waals surface area contributed by atoms with Crippen molar-refractivity contribution in [3.8, 4) is 0 Å². The first-order valence-electron chi connectivity index (χ1n) is 7.69. The number of ether oxygens (including phenoxy) is 1. The summed E-state index contributed by atoms with van der Waals surface area (Å²) in [6.45, 7) is 7.91. The number of thiophene rings is 1. The van der Waals surface area contributed by atoms with Crippen LogP contribution in [0.2, 0.25) is 0 Å². The zero-order valence-corrected chi connectivity index (χ0v) is 13.9. The van der Waals surface area contributed by atoms with E-state index in [0.717, 1.165) is 49.3 Å². The third kappa shape index (κ3) is 3.84. The number of hydrogen-bond donors (Lipinski definition) is 2. The molecule has 2 rings (SSSR count). The monoisotopic (exact) mass is 311 g/mol. The van der Waals surface area contributed by atoms with Crippen molar-refractivity contribution >= 4 is 17.3 Å². The van der Waals surface area contributed by atoms with E-state index in [1.807, 2.05) is 6.92 Å². The largest absolute Gasteiger partial charge is 0.477 e. The lowest BCUT2D eigenvalue weighted by Gasteiger charge is -2.40. The van der Waals surface area contributed by atoms with Gasteiger partial charge in [0, 0.05) is 24.1 Å². The number of nitrogens with one attached hydrogen (secondary N) is 1. The summed E-state index contributed by atoms with van der Waals surface area (Å²) < 4.78 is 5.99. The normalized spacial score (nSPS) is 21.4. The van der Waals surface area contributed by atoms with Gasteiger partial charge in [0.1, 0.15) is 4.88 Å². The predicted molar refractivity (Wildman–Crippen MR) is 85.1 cm³/mol. The van der Waals surface area contributed by atoms with Gasteiger partial charge in [-0.1, -0.05) is 13.8 Å². The lowest BCUT2D eigenvalue weighted by molar-refractivity contribution is -0.0932.